The molecular weight excluding hydrogens is 358 g/mol. The van der Waals surface area contributed by atoms with Crippen LogP contribution in [-0.2, 0) is 4.79 Å². The summed E-state index contributed by atoms with van der Waals surface area (Å²) in [5.41, 5.74) is 0. The van der Waals surface area contributed by atoms with Crippen LogP contribution in [0.15, 0.2) is 5.16 Å². The molecule has 1 aromatic rings. The zero-order valence-corrected chi connectivity index (χ0v) is 17.1. The van der Waals surface area contributed by atoms with Gasteiger partial charge in [0.2, 0.25) is 11.9 Å². The molecule has 7 heteroatoms. The lowest BCUT2D eigenvalue weighted by Gasteiger charge is -2.28. The van der Waals surface area contributed by atoms with Crippen LogP contribution in [0.4, 0.5) is 5.95 Å². The highest BCUT2D eigenvalue weighted by atomic mass is 32.2. The summed E-state index contributed by atoms with van der Waals surface area (Å²) in [7, 11) is 0. The molecule has 1 saturated heterocycles. The number of nitrogens with zero attached hydrogens (tertiary/aromatic N) is 4. The van der Waals surface area contributed by atoms with E-state index in [1.165, 1.54) is 51.4 Å². The Labute approximate surface area is 165 Å². The van der Waals surface area contributed by atoms with Gasteiger partial charge in [-0.25, -0.2) is 0 Å². The van der Waals surface area contributed by atoms with Gasteiger partial charge in [0.15, 0.2) is 5.16 Å². The largest absolute Gasteiger partial charge is 0.353 e. The molecule has 6 nitrogen and oxygen atoms in total. The van der Waals surface area contributed by atoms with E-state index in [0.717, 1.165) is 36.0 Å². The fourth-order valence-corrected chi connectivity index (χ4v) is 6.40. The van der Waals surface area contributed by atoms with E-state index in [1.54, 1.807) is 11.8 Å². The lowest BCUT2D eigenvalue weighted by molar-refractivity contribution is -0.119. The van der Waals surface area contributed by atoms with Crippen molar-refractivity contribution in [3.63, 3.8) is 0 Å². The number of thioether (sulfide) groups is 1. The van der Waals surface area contributed by atoms with Crippen LogP contribution in [0.5, 0.6) is 0 Å². The maximum absolute atomic E-state index is 12.5. The van der Waals surface area contributed by atoms with Gasteiger partial charge >= 0.3 is 0 Å². The minimum atomic E-state index is 0.142. The average molecular weight is 390 g/mol. The molecule has 1 aliphatic heterocycles. The van der Waals surface area contributed by atoms with Crippen LogP contribution in [0.2, 0.25) is 0 Å². The molecule has 4 fully saturated rings. The number of amides is 1. The first-order valence-corrected chi connectivity index (χ1v) is 11.8. The molecule has 0 radical (unpaired) electrons. The van der Waals surface area contributed by atoms with Crippen molar-refractivity contribution in [3.8, 4) is 0 Å². The van der Waals surface area contributed by atoms with E-state index in [4.69, 9.17) is 0 Å². The van der Waals surface area contributed by atoms with Crippen LogP contribution in [-0.4, -0.2) is 45.6 Å². The first kappa shape index (κ1) is 17.8. The summed E-state index contributed by atoms with van der Waals surface area (Å²) in [6, 6.07) is 0.837. The molecule has 1 amide bonds. The highest BCUT2D eigenvalue weighted by Crippen LogP contribution is 2.49. The van der Waals surface area contributed by atoms with Gasteiger partial charge in [-0.3, -0.25) is 9.36 Å². The van der Waals surface area contributed by atoms with Gasteiger partial charge in [0.1, 0.15) is 0 Å². The maximum Gasteiger partial charge on any atom is 0.230 e. The molecule has 4 unspecified atom stereocenters. The minimum absolute atomic E-state index is 0.142. The highest BCUT2D eigenvalue weighted by Gasteiger charge is 2.42. The molecule has 148 valence electrons. The number of aromatic nitrogens is 3. The molecule has 27 heavy (non-hydrogen) atoms. The molecule has 0 aromatic carbocycles. The Morgan fingerprint density at radius 1 is 1.19 bits per heavy atom. The van der Waals surface area contributed by atoms with Crippen molar-refractivity contribution in [2.24, 2.45) is 17.8 Å². The molecule has 4 aliphatic rings. The van der Waals surface area contributed by atoms with E-state index >= 15 is 0 Å². The Balaban J connectivity index is 1.18. The SMILES string of the molecule is CC(NC(=O)CSc1nnc(N2CCCC2)n1C1CC1)C1CC2CCC1C2. The fourth-order valence-electron chi connectivity index (χ4n) is 5.59. The topological polar surface area (TPSA) is 63.1 Å². The maximum atomic E-state index is 12.5. The smallest absolute Gasteiger partial charge is 0.230 e. The van der Waals surface area contributed by atoms with Crippen molar-refractivity contribution in [3.05, 3.63) is 0 Å². The van der Waals surface area contributed by atoms with Gasteiger partial charge in [-0.1, -0.05) is 18.2 Å². The standard InChI is InChI=1S/C20H31N5OS/c1-13(17-11-14-4-5-15(17)10-14)21-18(26)12-27-20-23-22-19(24-8-2-3-9-24)25(20)16-6-7-16/h13-17H,2-12H2,1H3,(H,21,26). The number of anilines is 1. The van der Waals surface area contributed by atoms with Crippen molar-refractivity contribution < 1.29 is 4.79 Å². The number of fused-ring (bicyclic) bond motifs is 2. The van der Waals surface area contributed by atoms with Gasteiger partial charge in [0.05, 0.1) is 5.75 Å². The second kappa shape index (κ2) is 7.30. The monoisotopic (exact) mass is 389 g/mol. The van der Waals surface area contributed by atoms with Gasteiger partial charge in [0, 0.05) is 25.2 Å². The predicted octanol–water partition coefficient (Wildman–Crippen LogP) is 3.25. The van der Waals surface area contributed by atoms with Crippen LogP contribution < -0.4 is 10.2 Å². The number of rotatable bonds is 7. The first-order chi connectivity index (χ1) is 13.2. The van der Waals surface area contributed by atoms with E-state index in [1.807, 2.05) is 0 Å². The molecule has 0 spiro atoms. The molecule has 2 heterocycles. The normalized spacial score (nSPS) is 30.9. The quantitative estimate of drug-likeness (QED) is 0.725. The van der Waals surface area contributed by atoms with Gasteiger partial charge in [-0.2, -0.15) is 0 Å². The van der Waals surface area contributed by atoms with Crippen molar-refractivity contribution in [2.45, 2.75) is 75.5 Å². The number of nitrogens with one attached hydrogen (secondary N) is 1. The van der Waals surface area contributed by atoms with Gasteiger partial charge < -0.3 is 10.2 Å². The number of carbonyl (C=O) groups excluding carboxylic acids is 1. The molecule has 5 rings (SSSR count). The molecule has 2 bridgehead atoms. The summed E-state index contributed by atoms with van der Waals surface area (Å²) in [5.74, 6) is 4.07. The van der Waals surface area contributed by atoms with Crippen LogP contribution in [0.3, 0.4) is 0 Å². The Kier molecular flexibility index (Phi) is 4.82. The van der Waals surface area contributed by atoms with E-state index in [2.05, 4.69) is 31.9 Å². The van der Waals surface area contributed by atoms with Gasteiger partial charge in [-0.05, 0) is 69.6 Å². The second-order valence-corrected chi connectivity index (χ2v) is 10.0. The van der Waals surface area contributed by atoms with Gasteiger partial charge in [-0.15, -0.1) is 10.2 Å². The highest BCUT2D eigenvalue weighted by molar-refractivity contribution is 7.99. The summed E-state index contributed by atoms with van der Waals surface area (Å²) in [6.45, 7) is 4.36. The summed E-state index contributed by atoms with van der Waals surface area (Å²) < 4.78 is 2.29. The lowest BCUT2D eigenvalue weighted by atomic mass is 9.84. The Bertz CT molecular complexity index is 697. The lowest BCUT2D eigenvalue weighted by Crippen LogP contribution is -2.40. The summed E-state index contributed by atoms with van der Waals surface area (Å²) in [6.07, 6.45) is 10.4. The second-order valence-electron chi connectivity index (χ2n) is 9.06. The summed E-state index contributed by atoms with van der Waals surface area (Å²) >= 11 is 1.55. The molecule has 1 N–H and O–H groups in total. The van der Waals surface area contributed by atoms with E-state index in [9.17, 15) is 4.79 Å². The molecule has 1 aromatic heterocycles. The summed E-state index contributed by atoms with van der Waals surface area (Å²) in [5, 5.41) is 13.1. The number of hydrogen-bond donors (Lipinski definition) is 1. The van der Waals surface area contributed by atoms with Crippen LogP contribution in [0.25, 0.3) is 0 Å². The van der Waals surface area contributed by atoms with E-state index in [-0.39, 0.29) is 5.91 Å². The third-order valence-electron chi connectivity index (χ3n) is 7.10. The van der Waals surface area contributed by atoms with Crippen molar-refractivity contribution >= 4 is 23.6 Å². The molecule has 4 atom stereocenters. The van der Waals surface area contributed by atoms with Gasteiger partial charge in [0.25, 0.3) is 0 Å². The average Bonchev–Trinajstić information content (AvgIpc) is 3.13. The Morgan fingerprint density at radius 3 is 2.67 bits per heavy atom. The first-order valence-electron chi connectivity index (χ1n) is 10.8. The van der Waals surface area contributed by atoms with Crippen LogP contribution in [0.1, 0.15) is 64.3 Å². The Morgan fingerprint density at radius 2 is 2.00 bits per heavy atom. The van der Waals surface area contributed by atoms with Crippen LogP contribution in [0, 0.1) is 17.8 Å². The molecular formula is C20H31N5OS. The molecule has 3 saturated carbocycles. The third-order valence-corrected chi connectivity index (χ3v) is 8.05. The third kappa shape index (κ3) is 3.59. The van der Waals surface area contributed by atoms with E-state index in [0.29, 0.717) is 23.8 Å². The predicted molar refractivity (Wildman–Crippen MR) is 107 cm³/mol. The zero-order chi connectivity index (χ0) is 18.4. The minimum Gasteiger partial charge on any atom is -0.353 e. The summed E-state index contributed by atoms with van der Waals surface area (Å²) in [4.78, 5) is 14.9. The molecule has 3 aliphatic carbocycles. The van der Waals surface area contributed by atoms with E-state index < -0.39 is 0 Å². The zero-order valence-electron chi connectivity index (χ0n) is 16.3. The van der Waals surface area contributed by atoms with Crippen LogP contribution >= 0.6 is 11.8 Å². The number of carbonyl (C=O) groups is 1. The fraction of sp³-hybridized carbons (Fsp3) is 0.850. The van der Waals surface area contributed by atoms with Crippen molar-refractivity contribution in [1.29, 1.82) is 0 Å². The van der Waals surface area contributed by atoms with Crippen molar-refractivity contribution in [2.75, 3.05) is 23.7 Å². The number of hydrogen-bond acceptors (Lipinski definition) is 5. The van der Waals surface area contributed by atoms with Crippen molar-refractivity contribution in [1.82, 2.24) is 20.1 Å². The Hall–Kier alpha value is -1.24.